The van der Waals surface area contributed by atoms with E-state index in [4.69, 9.17) is 0 Å². The lowest BCUT2D eigenvalue weighted by Crippen LogP contribution is -2.30. The van der Waals surface area contributed by atoms with Crippen molar-refractivity contribution in [1.82, 2.24) is 4.90 Å². The van der Waals surface area contributed by atoms with Crippen LogP contribution in [0, 0.1) is 0 Å². The smallest absolute Gasteiger partial charge is 0.222 e. The molecule has 0 aliphatic heterocycles. The molecule has 1 aromatic rings. The second kappa shape index (κ2) is 7.90. The Morgan fingerprint density at radius 3 is 2.30 bits per heavy atom. The van der Waals surface area contributed by atoms with Crippen molar-refractivity contribution in [3.63, 3.8) is 0 Å². The van der Waals surface area contributed by atoms with E-state index in [1.807, 2.05) is 25.9 Å². The number of amides is 1. The fourth-order valence-corrected chi connectivity index (χ4v) is 1.99. The van der Waals surface area contributed by atoms with Gasteiger partial charge in [-0.15, -0.1) is 0 Å². The topological polar surface area (TPSA) is 43.8 Å². The maximum absolute atomic E-state index is 12.1. The van der Waals surface area contributed by atoms with E-state index in [0.29, 0.717) is 25.9 Å². The third-order valence-electron chi connectivity index (χ3n) is 3.34. The molecule has 1 atom stereocenters. The number of rotatable bonds is 7. The van der Waals surface area contributed by atoms with Crippen molar-refractivity contribution >= 4 is 11.6 Å². The Balaban J connectivity index is 2.61. The Labute approximate surface area is 122 Å². The number of nitrogens with zero attached hydrogens (tertiary/aromatic N) is 2. The predicted octanol–water partition coefficient (Wildman–Crippen LogP) is 2.26. The highest BCUT2D eigenvalue weighted by Gasteiger charge is 2.13. The van der Waals surface area contributed by atoms with E-state index in [1.54, 1.807) is 6.92 Å². The van der Waals surface area contributed by atoms with Gasteiger partial charge in [0.25, 0.3) is 0 Å². The highest BCUT2D eigenvalue weighted by atomic mass is 16.3. The summed E-state index contributed by atoms with van der Waals surface area (Å²) < 4.78 is 0. The number of aliphatic hydroxyl groups is 1. The van der Waals surface area contributed by atoms with Crippen LogP contribution in [0.25, 0.3) is 0 Å². The highest BCUT2D eigenvalue weighted by molar-refractivity contribution is 5.76. The molecule has 0 saturated carbocycles. The van der Waals surface area contributed by atoms with Crippen LogP contribution in [0.1, 0.15) is 32.3 Å². The number of benzene rings is 1. The second-order valence-electron chi connectivity index (χ2n) is 5.36. The number of carbonyl (C=O) groups is 1. The molecule has 4 nitrogen and oxygen atoms in total. The van der Waals surface area contributed by atoms with Gasteiger partial charge in [-0.05, 0) is 38.0 Å². The second-order valence-corrected chi connectivity index (χ2v) is 5.36. The summed E-state index contributed by atoms with van der Waals surface area (Å²) in [5.74, 6) is 0.102. The molecule has 0 heterocycles. The van der Waals surface area contributed by atoms with Crippen molar-refractivity contribution < 1.29 is 9.90 Å². The van der Waals surface area contributed by atoms with E-state index in [1.165, 1.54) is 0 Å². The molecule has 4 heteroatoms. The summed E-state index contributed by atoms with van der Waals surface area (Å²) in [5.41, 5.74) is 2.28. The van der Waals surface area contributed by atoms with Crippen LogP contribution in [0.4, 0.5) is 5.69 Å². The van der Waals surface area contributed by atoms with Gasteiger partial charge in [-0.25, -0.2) is 0 Å². The molecule has 0 aliphatic rings. The molecule has 0 aromatic heterocycles. The van der Waals surface area contributed by atoms with Gasteiger partial charge in [-0.2, -0.15) is 0 Å². The fraction of sp³-hybridized carbons (Fsp3) is 0.562. The van der Waals surface area contributed by atoms with E-state index in [-0.39, 0.29) is 5.91 Å². The third-order valence-corrected chi connectivity index (χ3v) is 3.34. The summed E-state index contributed by atoms with van der Waals surface area (Å²) in [6.45, 7) is 5.01. The minimum atomic E-state index is -0.419. The quantitative estimate of drug-likeness (QED) is 0.832. The molecule has 0 radical (unpaired) electrons. The lowest BCUT2D eigenvalue weighted by atomic mass is 10.1. The molecule has 1 aromatic carbocycles. The summed E-state index contributed by atoms with van der Waals surface area (Å²) >= 11 is 0. The summed E-state index contributed by atoms with van der Waals surface area (Å²) in [5, 5.41) is 9.25. The molecule has 1 amide bonds. The number of aliphatic hydroxyl groups excluding tert-OH is 1. The van der Waals surface area contributed by atoms with Gasteiger partial charge >= 0.3 is 0 Å². The Morgan fingerprint density at radius 1 is 1.25 bits per heavy atom. The molecule has 0 bridgehead atoms. The Hall–Kier alpha value is -1.55. The minimum Gasteiger partial charge on any atom is -0.393 e. The van der Waals surface area contributed by atoms with Crippen LogP contribution in [0.5, 0.6) is 0 Å². The standard InChI is InChI=1S/C16H26N2O2/c1-5-18(16(20)11-6-13(2)19)12-14-7-9-15(10-8-14)17(3)4/h7-10,13,19H,5-6,11-12H2,1-4H3. The minimum absolute atomic E-state index is 0.102. The molecule has 0 aliphatic carbocycles. The first-order chi connectivity index (χ1) is 9.43. The average molecular weight is 278 g/mol. The van der Waals surface area contributed by atoms with Crippen LogP contribution in [0.3, 0.4) is 0 Å². The normalized spacial score (nSPS) is 12.1. The molecule has 112 valence electrons. The summed E-state index contributed by atoms with van der Waals surface area (Å²) in [6.07, 6.45) is 0.507. The summed E-state index contributed by atoms with van der Waals surface area (Å²) in [7, 11) is 4.01. The average Bonchev–Trinajstić information content (AvgIpc) is 2.42. The maximum Gasteiger partial charge on any atom is 0.222 e. The molecule has 20 heavy (non-hydrogen) atoms. The Kier molecular flexibility index (Phi) is 6.52. The Bertz CT molecular complexity index is 413. The van der Waals surface area contributed by atoms with Crippen LogP contribution in [-0.4, -0.2) is 42.7 Å². The molecule has 1 N–H and O–H groups in total. The van der Waals surface area contributed by atoms with E-state index in [9.17, 15) is 9.90 Å². The SMILES string of the molecule is CCN(Cc1ccc(N(C)C)cc1)C(=O)CCC(C)O. The lowest BCUT2D eigenvalue weighted by Gasteiger charge is -2.22. The molecule has 0 saturated heterocycles. The zero-order valence-electron chi connectivity index (χ0n) is 13.0. The first-order valence-electron chi connectivity index (χ1n) is 7.16. The predicted molar refractivity (Wildman–Crippen MR) is 82.8 cm³/mol. The van der Waals surface area contributed by atoms with Crippen LogP contribution in [-0.2, 0) is 11.3 Å². The molecule has 0 fully saturated rings. The fourth-order valence-electron chi connectivity index (χ4n) is 1.99. The monoisotopic (exact) mass is 278 g/mol. The third kappa shape index (κ3) is 5.21. The van der Waals surface area contributed by atoms with Crippen molar-refractivity contribution in [2.24, 2.45) is 0 Å². The van der Waals surface area contributed by atoms with Crippen molar-refractivity contribution in [2.75, 3.05) is 25.5 Å². The van der Waals surface area contributed by atoms with Gasteiger partial charge in [0.05, 0.1) is 6.10 Å². The van der Waals surface area contributed by atoms with Gasteiger partial charge in [0.2, 0.25) is 5.91 Å². The van der Waals surface area contributed by atoms with E-state index < -0.39 is 6.10 Å². The lowest BCUT2D eigenvalue weighted by molar-refractivity contribution is -0.132. The summed E-state index contributed by atoms with van der Waals surface area (Å²) in [4.78, 5) is 15.9. The first kappa shape index (κ1) is 16.5. The van der Waals surface area contributed by atoms with Gasteiger partial charge in [-0.3, -0.25) is 4.79 Å². The van der Waals surface area contributed by atoms with Crippen LogP contribution in [0.15, 0.2) is 24.3 Å². The van der Waals surface area contributed by atoms with E-state index in [2.05, 4.69) is 29.2 Å². The van der Waals surface area contributed by atoms with Gasteiger partial charge < -0.3 is 14.9 Å². The van der Waals surface area contributed by atoms with Gasteiger partial charge in [0.15, 0.2) is 0 Å². The van der Waals surface area contributed by atoms with Gasteiger partial charge in [0, 0.05) is 39.3 Å². The Morgan fingerprint density at radius 2 is 1.85 bits per heavy atom. The van der Waals surface area contributed by atoms with Crippen molar-refractivity contribution in [2.45, 2.75) is 39.3 Å². The largest absolute Gasteiger partial charge is 0.393 e. The number of carbonyl (C=O) groups excluding carboxylic acids is 1. The number of anilines is 1. The highest BCUT2D eigenvalue weighted by Crippen LogP contribution is 2.14. The number of hydrogen-bond donors (Lipinski definition) is 1. The van der Waals surface area contributed by atoms with Crippen LogP contribution >= 0.6 is 0 Å². The molecule has 0 spiro atoms. The maximum atomic E-state index is 12.1. The zero-order valence-corrected chi connectivity index (χ0v) is 13.0. The molecule has 1 unspecified atom stereocenters. The van der Waals surface area contributed by atoms with Crippen LogP contribution in [0.2, 0.25) is 0 Å². The first-order valence-corrected chi connectivity index (χ1v) is 7.16. The van der Waals surface area contributed by atoms with Gasteiger partial charge in [0.1, 0.15) is 0 Å². The van der Waals surface area contributed by atoms with Crippen molar-refractivity contribution in [3.8, 4) is 0 Å². The zero-order chi connectivity index (χ0) is 15.1. The van der Waals surface area contributed by atoms with Crippen molar-refractivity contribution in [3.05, 3.63) is 29.8 Å². The molecular weight excluding hydrogens is 252 g/mol. The van der Waals surface area contributed by atoms with E-state index in [0.717, 1.165) is 11.3 Å². The molecular formula is C16H26N2O2. The molecule has 1 rings (SSSR count). The summed E-state index contributed by atoms with van der Waals surface area (Å²) in [6, 6.07) is 8.23. The van der Waals surface area contributed by atoms with Gasteiger partial charge in [-0.1, -0.05) is 12.1 Å². The number of hydrogen-bond acceptors (Lipinski definition) is 3. The van der Waals surface area contributed by atoms with E-state index >= 15 is 0 Å². The van der Waals surface area contributed by atoms with Crippen molar-refractivity contribution in [1.29, 1.82) is 0 Å². The van der Waals surface area contributed by atoms with Crippen LogP contribution < -0.4 is 4.90 Å².